The lowest BCUT2D eigenvalue weighted by atomic mass is 10.0. The van der Waals surface area contributed by atoms with Gasteiger partial charge in [-0.15, -0.1) is 11.3 Å². The van der Waals surface area contributed by atoms with Crippen LogP contribution in [0.5, 0.6) is 0 Å². The number of fused-ring (bicyclic) bond motifs is 1. The Hall–Kier alpha value is -3.73. The van der Waals surface area contributed by atoms with E-state index in [-0.39, 0.29) is 31.7 Å². The van der Waals surface area contributed by atoms with Crippen LogP contribution in [0.4, 0.5) is 36.4 Å². The predicted molar refractivity (Wildman–Crippen MR) is 131 cm³/mol. The van der Waals surface area contributed by atoms with Gasteiger partial charge in [0, 0.05) is 23.2 Å². The molecule has 0 atom stereocenters. The molecule has 0 fully saturated rings. The number of nitrogens with two attached hydrogens (primary N) is 1. The van der Waals surface area contributed by atoms with Gasteiger partial charge in [0.1, 0.15) is 33.3 Å². The van der Waals surface area contributed by atoms with Gasteiger partial charge >= 0.3 is 6.18 Å². The molecule has 40 heavy (non-hydrogen) atoms. The molecular formula is C22H17ClF7N7O2S. The summed E-state index contributed by atoms with van der Waals surface area (Å²) >= 11 is 6.08. The number of alkyl halides is 7. The number of aromatic nitrogens is 5. The first-order valence-corrected chi connectivity index (χ1v) is 12.3. The van der Waals surface area contributed by atoms with Crippen molar-refractivity contribution < 1.29 is 40.3 Å². The highest BCUT2D eigenvalue weighted by atomic mass is 35.5. The fraction of sp³-hybridized carbons (Fsp3) is 0.318. The molecule has 0 radical (unpaired) electrons. The van der Waals surface area contributed by atoms with Crippen LogP contribution in [0.1, 0.15) is 52.2 Å². The lowest BCUT2D eigenvalue weighted by Gasteiger charge is -2.13. The van der Waals surface area contributed by atoms with Crippen LogP contribution in [0.25, 0.3) is 21.3 Å². The van der Waals surface area contributed by atoms with Gasteiger partial charge in [-0.3, -0.25) is 19.0 Å². The van der Waals surface area contributed by atoms with E-state index >= 15 is 0 Å². The molecular weight excluding hydrogens is 595 g/mol. The average Bonchev–Trinajstić information content (AvgIpc) is 3.50. The summed E-state index contributed by atoms with van der Waals surface area (Å²) in [5.74, 6) is -2.27. The molecule has 9 nitrogen and oxygen atoms in total. The Bertz CT molecular complexity index is 1630. The van der Waals surface area contributed by atoms with Crippen molar-refractivity contribution in [2.45, 2.75) is 46.0 Å². The lowest BCUT2D eigenvalue weighted by molar-refractivity contribution is -0.140. The summed E-state index contributed by atoms with van der Waals surface area (Å²) in [5, 5.41) is 8.60. The third kappa shape index (κ3) is 5.22. The maximum Gasteiger partial charge on any atom is 0.433 e. The molecule has 3 N–H and O–H groups in total. The van der Waals surface area contributed by atoms with Crippen LogP contribution < -0.4 is 11.1 Å². The average molecular weight is 612 g/mol. The van der Waals surface area contributed by atoms with Crippen LogP contribution in [-0.2, 0) is 24.1 Å². The van der Waals surface area contributed by atoms with E-state index in [1.54, 1.807) is 13.8 Å². The maximum absolute atomic E-state index is 13.7. The molecule has 0 aliphatic heterocycles. The Morgan fingerprint density at radius 3 is 2.35 bits per heavy atom. The zero-order chi connectivity index (χ0) is 29.7. The van der Waals surface area contributed by atoms with Crippen molar-refractivity contribution in [3.8, 4) is 11.1 Å². The number of hydrogen-bond donors (Lipinski definition) is 2. The molecule has 0 aromatic carbocycles. The minimum atomic E-state index is -4.88. The molecule has 0 saturated carbocycles. The quantitative estimate of drug-likeness (QED) is 0.238. The van der Waals surface area contributed by atoms with Crippen LogP contribution in [0.3, 0.4) is 0 Å². The first-order chi connectivity index (χ1) is 18.6. The van der Waals surface area contributed by atoms with Crippen LogP contribution in [0.2, 0.25) is 5.02 Å². The highest BCUT2D eigenvalue weighted by molar-refractivity contribution is 7.21. The second-order valence-electron chi connectivity index (χ2n) is 8.25. The number of aryl methyl sites for hydroxylation is 1. The molecule has 0 bridgehead atoms. The van der Waals surface area contributed by atoms with E-state index in [1.165, 1.54) is 10.9 Å². The number of pyridine rings is 1. The number of nitrogens with zero attached hydrogens (tertiary/aromatic N) is 5. The van der Waals surface area contributed by atoms with E-state index in [0.717, 1.165) is 6.07 Å². The highest BCUT2D eigenvalue weighted by Crippen LogP contribution is 2.44. The maximum atomic E-state index is 13.7. The summed E-state index contributed by atoms with van der Waals surface area (Å²) in [4.78, 5) is 28.1. The topological polar surface area (TPSA) is 121 Å². The smallest absolute Gasteiger partial charge is 0.365 e. The Morgan fingerprint density at radius 2 is 1.82 bits per heavy atom. The van der Waals surface area contributed by atoms with Gasteiger partial charge in [0.05, 0.1) is 16.9 Å². The first kappa shape index (κ1) is 29.3. The number of carbonyl (C=O) groups excluding carboxylic acids is 2. The van der Waals surface area contributed by atoms with E-state index < -0.39 is 64.4 Å². The Kier molecular flexibility index (Phi) is 7.81. The molecule has 0 unspecified atom stereocenters. The third-order valence-electron chi connectivity index (χ3n) is 5.80. The van der Waals surface area contributed by atoms with Gasteiger partial charge in [-0.25, -0.2) is 22.5 Å². The van der Waals surface area contributed by atoms with E-state index in [9.17, 15) is 40.3 Å². The summed E-state index contributed by atoms with van der Waals surface area (Å²) < 4.78 is 96.3. The van der Waals surface area contributed by atoms with Gasteiger partial charge in [-0.05, 0) is 25.5 Å². The number of amides is 2. The summed E-state index contributed by atoms with van der Waals surface area (Å²) in [7, 11) is 0. The first-order valence-electron chi connectivity index (χ1n) is 11.1. The zero-order valence-corrected chi connectivity index (χ0v) is 21.9. The van der Waals surface area contributed by atoms with Crippen LogP contribution >= 0.6 is 22.9 Å². The summed E-state index contributed by atoms with van der Waals surface area (Å²) in [6, 6.07) is 0.719. The molecule has 4 rings (SSSR count). The summed E-state index contributed by atoms with van der Waals surface area (Å²) in [6.45, 7) is 2.67. The van der Waals surface area contributed by atoms with Crippen molar-refractivity contribution in [3.63, 3.8) is 0 Å². The van der Waals surface area contributed by atoms with E-state index in [1.807, 2.05) is 0 Å². The fourth-order valence-electron chi connectivity index (χ4n) is 4.03. The van der Waals surface area contributed by atoms with Crippen molar-refractivity contribution in [1.82, 2.24) is 24.5 Å². The number of thiophene rings is 1. The largest absolute Gasteiger partial charge is 0.433 e. The minimum Gasteiger partial charge on any atom is -0.365 e. The second kappa shape index (κ2) is 10.7. The molecule has 0 aliphatic carbocycles. The van der Waals surface area contributed by atoms with Crippen molar-refractivity contribution >= 4 is 50.7 Å². The van der Waals surface area contributed by atoms with Crippen molar-refractivity contribution in [3.05, 3.63) is 44.9 Å². The van der Waals surface area contributed by atoms with Crippen LogP contribution in [0.15, 0.2) is 12.3 Å². The highest BCUT2D eigenvalue weighted by Gasteiger charge is 2.36. The van der Waals surface area contributed by atoms with E-state index in [0.29, 0.717) is 23.6 Å². The van der Waals surface area contributed by atoms with Crippen molar-refractivity contribution in [2.24, 2.45) is 5.73 Å². The predicted octanol–water partition coefficient (Wildman–Crippen LogP) is 5.97. The molecule has 0 saturated heterocycles. The summed E-state index contributed by atoms with van der Waals surface area (Å²) in [5.41, 5.74) is 2.08. The molecule has 0 aliphatic rings. The van der Waals surface area contributed by atoms with Gasteiger partial charge < -0.3 is 11.1 Å². The zero-order valence-electron chi connectivity index (χ0n) is 20.3. The number of hydrogen-bond acceptors (Lipinski definition) is 6. The lowest BCUT2D eigenvalue weighted by Crippen LogP contribution is -2.23. The monoisotopic (exact) mass is 611 g/mol. The van der Waals surface area contributed by atoms with E-state index in [4.69, 9.17) is 17.3 Å². The van der Waals surface area contributed by atoms with Gasteiger partial charge in [-0.1, -0.05) is 11.6 Å². The SMILES string of the molecule is CCn1ncc(-c2cc(C(F)(F)F)nc3sc(C(N)=O)c(NC(=O)Cn4nc(C(F)F)c(Cl)c4C(F)F)c23)c1C. The molecule has 18 heteroatoms. The van der Waals surface area contributed by atoms with Crippen LogP contribution in [0, 0.1) is 6.92 Å². The number of nitrogens with one attached hydrogen (secondary N) is 1. The molecule has 4 aromatic rings. The van der Waals surface area contributed by atoms with Crippen LogP contribution in [-0.4, -0.2) is 36.4 Å². The number of carbonyl (C=O) groups is 2. The number of primary amides is 1. The Labute approximate surface area is 228 Å². The molecule has 2 amide bonds. The molecule has 214 valence electrons. The third-order valence-corrected chi connectivity index (χ3v) is 7.28. The van der Waals surface area contributed by atoms with Gasteiger partial charge in [-0.2, -0.15) is 23.4 Å². The number of anilines is 1. The number of rotatable bonds is 8. The van der Waals surface area contributed by atoms with E-state index in [2.05, 4.69) is 20.5 Å². The van der Waals surface area contributed by atoms with Crippen molar-refractivity contribution in [1.29, 1.82) is 0 Å². The van der Waals surface area contributed by atoms with Crippen molar-refractivity contribution in [2.75, 3.05) is 5.32 Å². The Balaban J connectivity index is 1.89. The standard InChI is InChI=1S/C22H17ClF7N7O2S/c1-3-36-7(2)9(5-32-36)8-4-10(22(28,29)30)33-21-12(8)14(17(40-21)20(31)39)34-11(38)6-37-16(19(26)27)13(23)15(35-37)18(24)25/h4-5,18-19H,3,6H2,1-2H3,(H2,31,39)(H,34,38). The normalized spacial score (nSPS) is 12.2. The summed E-state index contributed by atoms with van der Waals surface area (Å²) in [6.07, 6.45) is -10.3. The second-order valence-corrected chi connectivity index (χ2v) is 9.63. The fourth-order valence-corrected chi connectivity index (χ4v) is 5.34. The van der Waals surface area contributed by atoms with Gasteiger partial charge in [0.2, 0.25) is 5.91 Å². The minimum absolute atomic E-state index is 0.0936. The number of halogens is 8. The molecule has 0 spiro atoms. The van der Waals surface area contributed by atoms with Gasteiger partial charge in [0.25, 0.3) is 18.8 Å². The Morgan fingerprint density at radius 1 is 1.15 bits per heavy atom. The molecule has 4 aromatic heterocycles. The van der Waals surface area contributed by atoms with Gasteiger partial charge in [0.15, 0.2) is 0 Å². The molecule has 4 heterocycles.